The number of fused-ring (bicyclic) bond motifs is 9. The number of furan rings is 1. The monoisotopic (exact) mass is 627 g/mol. The summed E-state index contributed by atoms with van der Waals surface area (Å²) in [5.74, 6) is 0. The molecule has 0 unspecified atom stereocenters. The van der Waals surface area contributed by atoms with Gasteiger partial charge in [0.05, 0.1) is 5.69 Å². The van der Waals surface area contributed by atoms with Crippen molar-refractivity contribution in [3.63, 3.8) is 0 Å². The highest BCUT2D eigenvalue weighted by Crippen LogP contribution is 2.54. The first-order valence-electron chi connectivity index (χ1n) is 17.0. The van der Waals surface area contributed by atoms with E-state index in [-0.39, 0.29) is 5.41 Å². The van der Waals surface area contributed by atoms with Crippen LogP contribution in [0.15, 0.2) is 168 Å². The molecule has 0 amide bonds. The summed E-state index contributed by atoms with van der Waals surface area (Å²) in [6, 6.07) is 59.5. The van der Waals surface area contributed by atoms with Gasteiger partial charge >= 0.3 is 0 Å². The van der Waals surface area contributed by atoms with Crippen LogP contribution in [0.2, 0.25) is 0 Å². The first kappa shape index (κ1) is 27.9. The Morgan fingerprint density at radius 3 is 2.02 bits per heavy atom. The van der Waals surface area contributed by atoms with E-state index in [4.69, 9.17) is 4.42 Å². The zero-order valence-electron chi connectivity index (χ0n) is 27.4. The molecular weight excluding hydrogens is 595 g/mol. The Hall–Kier alpha value is -6.12. The number of benzene rings is 8. The summed E-state index contributed by atoms with van der Waals surface area (Å²) in [5.41, 5.74) is 12.9. The standard InChI is InChI=1S/C47H33NO/c1-47(2)40-17-7-5-14-37(40)46-41(47)18-10-19-42(46)48(33-25-21-31(22-26-33)36-16-9-12-30-11-3-4-13-35(30)36)34-27-23-32-24-28-44-45(39(32)29-34)38-15-6-8-20-43(38)49-44/h3-29H,1-2H3. The van der Waals surface area contributed by atoms with Crippen molar-refractivity contribution < 1.29 is 4.42 Å². The van der Waals surface area contributed by atoms with Crippen LogP contribution in [0.3, 0.4) is 0 Å². The van der Waals surface area contributed by atoms with Crippen molar-refractivity contribution >= 4 is 60.5 Å². The molecule has 2 nitrogen and oxygen atoms in total. The van der Waals surface area contributed by atoms with E-state index in [2.05, 4.69) is 176 Å². The lowest BCUT2D eigenvalue weighted by atomic mass is 9.82. The van der Waals surface area contributed by atoms with Crippen molar-refractivity contribution in [2.45, 2.75) is 19.3 Å². The molecule has 1 heterocycles. The van der Waals surface area contributed by atoms with Crippen LogP contribution in [0.25, 0.3) is 65.7 Å². The van der Waals surface area contributed by atoms with E-state index in [9.17, 15) is 0 Å². The maximum Gasteiger partial charge on any atom is 0.136 e. The highest BCUT2D eigenvalue weighted by molar-refractivity contribution is 6.19. The topological polar surface area (TPSA) is 16.4 Å². The molecule has 49 heavy (non-hydrogen) atoms. The van der Waals surface area contributed by atoms with Crippen LogP contribution >= 0.6 is 0 Å². The van der Waals surface area contributed by atoms with E-state index in [1.54, 1.807) is 0 Å². The van der Waals surface area contributed by atoms with Crippen molar-refractivity contribution in [2.24, 2.45) is 0 Å². The Bertz CT molecular complexity index is 2740. The fourth-order valence-corrected chi connectivity index (χ4v) is 8.29. The van der Waals surface area contributed by atoms with Crippen molar-refractivity contribution in [1.29, 1.82) is 0 Å². The quantitative estimate of drug-likeness (QED) is 0.193. The normalized spacial score (nSPS) is 13.3. The third-order valence-corrected chi connectivity index (χ3v) is 10.7. The average molecular weight is 628 g/mol. The van der Waals surface area contributed by atoms with Crippen molar-refractivity contribution in [1.82, 2.24) is 0 Å². The van der Waals surface area contributed by atoms with E-state index in [1.165, 1.54) is 60.6 Å². The number of para-hydroxylation sites is 1. The Morgan fingerprint density at radius 1 is 0.469 bits per heavy atom. The molecule has 0 saturated heterocycles. The minimum atomic E-state index is -0.100. The summed E-state index contributed by atoms with van der Waals surface area (Å²) in [4.78, 5) is 2.45. The van der Waals surface area contributed by atoms with Crippen LogP contribution in [0.4, 0.5) is 17.1 Å². The summed E-state index contributed by atoms with van der Waals surface area (Å²) in [6.45, 7) is 4.70. The molecule has 1 aliphatic rings. The van der Waals surface area contributed by atoms with Crippen LogP contribution < -0.4 is 4.90 Å². The van der Waals surface area contributed by atoms with Gasteiger partial charge in [-0.25, -0.2) is 0 Å². The maximum absolute atomic E-state index is 6.32. The molecule has 9 aromatic rings. The van der Waals surface area contributed by atoms with Crippen LogP contribution in [-0.4, -0.2) is 0 Å². The molecule has 1 aliphatic carbocycles. The molecule has 0 saturated carbocycles. The molecule has 1 aromatic heterocycles. The van der Waals surface area contributed by atoms with Gasteiger partial charge in [-0.05, 0) is 91.8 Å². The SMILES string of the molecule is CC1(C)c2ccccc2-c2c(N(c3ccc(-c4cccc5ccccc45)cc3)c3ccc4ccc5oc6ccccc6c5c4c3)cccc21. The molecular formula is C47H33NO. The fourth-order valence-electron chi connectivity index (χ4n) is 8.29. The molecule has 10 rings (SSSR count). The lowest BCUT2D eigenvalue weighted by Gasteiger charge is -2.29. The van der Waals surface area contributed by atoms with Gasteiger partial charge in [0, 0.05) is 33.1 Å². The fraction of sp³-hybridized carbons (Fsp3) is 0.0638. The van der Waals surface area contributed by atoms with Gasteiger partial charge < -0.3 is 9.32 Å². The molecule has 0 N–H and O–H groups in total. The molecule has 0 aliphatic heterocycles. The number of nitrogens with zero attached hydrogens (tertiary/aromatic N) is 1. The van der Waals surface area contributed by atoms with Gasteiger partial charge in [-0.2, -0.15) is 0 Å². The minimum absolute atomic E-state index is 0.100. The second-order valence-corrected chi connectivity index (χ2v) is 13.7. The molecule has 0 bridgehead atoms. The molecule has 2 heteroatoms. The van der Waals surface area contributed by atoms with Gasteiger partial charge in [0.15, 0.2) is 0 Å². The molecule has 0 spiro atoms. The van der Waals surface area contributed by atoms with Gasteiger partial charge in [0.1, 0.15) is 11.2 Å². The van der Waals surface area contributed by atoms with E-state index < -0.39 is 0 Å². The largest absolute Gasteiger partial charge is 0.456 e. The molecule has 232 valence electrons. The maximum atomic E-state index is 6.32. The smallest absolute Gasteiger partial charge is 0.136 e. The number of hydrogen-bond donors (Lipinski definition) is 0. The first-order valence-corrected chi connectivity index (χ1v) is 17.0. The van der Waals surface area contributed by atoms with Gasteiger partial charge in [-0.3, -0.25) is 0 Å². The van der Waals surface area contributed by atoms with Crippen LogP contribution in [-0.2, 0) is 5.41 Å². The minimum Gasteiger partial charge on any atom is -0.456 e. The number of rotatable bonds is 4. The number of hydrogen-bond acceptors (Lipinski definition) is 2. The van der Waals surface area contributed by atoms with Crippen molar-refractivity contribution in [3.05, 3.63) is 175 Å². The zero-order chi connectivity index (χ0) is 32.7. The molecule has 0 radical (unpaired) electrons. The second kappa shape index (κ2) is 10.4. The average Bonchev–Trinajstić information content (AvgIpc) is 3.65. The van der Waals surface area contributed by atoms with Crippen LogP contribution in [0.1, 0.15) is 25.0 Å². The third kappa shape index (κ3) is 4.14. The van der Waals surface area contributed by atoms with E-state index in [1.807, 2.05) is 6.07 Å². The van der Waals surface area contributed by atoms with Gasteiger partial charge in [0.2, 0.25) is 0 Å². The van der Waals surface area contributed by atoms with Gasteiger partial charge in [0.25, 0.3) is 0 Å². The Balaban J connectivity index is 1.22. The van der Waals surface area contributed by atoms with Crippen LogP contribution in [0.5, 0.6) is 0 Å². The number of anilines is 3. The lowest BCUT2D eigenvalue weighted by molar-refractivity contribution is 0.660. The van der Waals surface area contributed by atoms with E-state index in [0.29, 0.717) is 0 Å². The lowest BCUT2D eigenvalue weighted by Crippen LogP contribution is -2.16. The third-order valence-electron chi connectivity index (χ3n) is 10.7. The summed E-state index contributed by atoms with van der Waals surface area (Å²) in [5, 5.41) is 7.19. The highest BCUT2D eigenvalue weighted by atomic mass is 16.3. The molecule has 0 fully saturated rings. The van der Waals surface area contributed by atoms with E-state index in [0.717, 1.165) is 33.3 Å². The van der Waals surface area contributed by atoms with Crippen molar-refractivity contribution in [2.75, 3.05) is 4.90 Å². The van der Waals surface area contributed by atoms with Crippen LogP contribution in [0, 0.1) is 0 Å². The predicted octanol–water partition coefficient (Wildman–Crippen LogP) is 13.3. The second-order valence-electron chi connectivity index (χ2n) is 13.7. The summed E-state index contributed by atoms with van der Waals surface area (Å²) < 4.78 is 6.32. The van der Waals surface area contributed by atoms with Gasteiger partial charge in [-0.1, -0.05) is 135 Å². The predicted molar refractivity (Wildman–Crippen MR) is 206 cm³/mol. The Morgan fingerprint density at radius 2 is 1.12 bits per heavy atom. The highest BCUT2D eigenvalue weighted by Gasteiger charge is 2.37. The van der Waals surface area contributed by atoms with Crippen molar-refractivity contribution in [3.8, 4) is 22.3 Å². The van der Waals surface area contributed by atoms with E-state index >= 15 is 0 Å². The Labute approximate surface area is 285 Å². The molecule has 8 aromatic carbocycles. The summed E-state index contributed by atoms with van der Waals surface area (Å²) in [7, 11) is 0. The summed E-state index contributed by atoms with van der Waals surface area (Å²) >= 11 is 0. The van der Waals surface area contributed by atoms with Gasteiger partial charge in [-0.15, -0.1) is 0 Å². The zero-order valence-corrected chi connectivity index (χ0v) is 27.4. The summed E-state index contributed by atoms with van der Waals surface area (Å²) in [6.07, 6.45) is 0. The first-order chi connectivity index (χ1) is 24.1. The molecule has 0 atom stereocenters. The Kier molecular flexibility index (Phi) is 5.95.